The van der Waals surface area contributed by atoms with E-state index in [4.69, 9.17) is 16.3 Å². The van der Waals surface area contributed by atoms with Crippen LogP contribution in [0.25, 0.3) is 0 Å². The molecule has 1 saturated heterocycles. The highest BCUT2D eigenvalue weighted by atomic mass is 35.5. The smallest absolute Gasteiger partial charge is 0.407 e. The second-order valence-electron chi connectivity index (χ2n) is 7.10. The van der Waals surface area contributed by atoms with Gasteiger partial charge in [-0.15, -0.1) is 0 Å². The van der Waals surface area contributed by atoms with E-state index >= 15 is 0 Å². The number of carbonyl (C=O) groups is 1. The lowest BCUT2D eigenvalue weighted by atomic mass is 9.92. The summed E-state index contributed by atoms with van der Waals surface area (Å²) in [5.41, 5.74) is 0. The summed E-state index contributed by atoms with van der Waals surface area (Å²) in [5.74, 6) is 2.21. The Morgan fingerprint density at radius 3 is 2.77 bits per heavy atom. The summed E-state index contributed by atoms with van der Waals surface area (Å²) in [6.07, 6.45) is 3.04. The molecule has 0 radical (unpaired) electrons. The van der Waals surface area contributed by atoms with E-state index in [9.17, 15) is 9.90 Å². The second-order valence-corrected chi connectivity index (χ2v) is 7.53. The van der Waals surface area contributed by atoms with Crippen molar-refractivity contribution in [2.45, 2.75) is 31.4 Å². The molecule has 0 spiro atoms. The lowest BCUT2D eigenvalue weighted by Crippen LogP contribution is -2.40. The Bertz CT molecular complexity index is 794. The molecule has 138 valence electrons. The molecule has 1 N–H and O–H groups in total. The Kier molecular flexibility index (Phi) is 4.48. The number of ether oxygens (including phenoxy) is 1. The maximum absolute atomic E-state index is 11.7. The van der Waals surface area contributed by atoms with Crippen LogP contribution in [0.15, 0.2) is 30.6 Å². The second kappa shape index (κ2) is 6.79. The number of fused-ring (bicyclic) bond motifs is 1. The number of amides is 1. The van der Waals surface area contributed by atoms with Crippen molar-refractivity contribution in [1.29, 1.82) is 0 Å². The summed E-state index contributed by atoms with van der Waals surface area (Å²) in [6, 6.07) is 7.29. The van der Waals surface area contributed by atoms with Crippen LogP contribution in [0.4, 0.5) is 4.79 Å². The topological polar surface area (TPSA) is 80.5 Å². The van der Waals surface area contributed by atoms with Gasteiger partial charge in [0.25, 0.3) is 0 Å². The van der Waals surface area contributed by atoms with Crippen molar-refractivity contribution in [3.05, 3.63) is 41.4 Å². The number of aryl methyl sites for hydroxylation is 1. The number of benzene rings is 1. The maximum Gasteiger partial charge on any atom is 0.407 e. The predicted octanol–water partition coefficient (Wildman–Crippen LogP) is 2.85. The Labute approximate surface area is 156 Å². The van der Waals surface area contributed by atoms with Gasteiger partial charge in [-0.05, 0) is 48.9 Å². The van der Waals surface area contributed by atoms with Gasteiger partial charge in [-0.1, -0.05) is 11.6 Å². The van der Waals surface area contributed by atoms with Crippen molar-refractivity contribution in [1.82, 2.24) is 19.7 Å². The van der Waals surface area contributed by atoms with Crippen LogP contribution in [-0.4, -0.2) is 49.6 Å². The Morgan fingerprint density at radius 1 is 1.35 bits per heavy atom. The first-order valence-electron chi connectivity index (χ1n) is 8.76. The van der Waals surface area contributed by atoms with Crippen LogP contribution in [0.3, 0.4) is 0 Å². The summed E-state index contributed by atoms with van der Waals surface area (Å²) >= 11 is 5.92. The molecule has 1 aliphatic heterocycles. The Balaban J connectivity index is 1.48. The van der Waals surface area contributed by atoms with Crippen LogP contribution < -0.4 is 4.74 Å². The fourth-order valence-electron chi connectivity index (χ4n) is 4.38. The molecule has 2 aromatic rings. The van der Waals surface area contributed by atoms with Crippen LogP contribution >= 0.6 is 11.6 Å². The fraction of sp³-hybridized carbons (Fsp3) is 0.500. The van der Waals surface area contributed by atoms with E-state index in [0.29, 0.717) is 23.9 Å². The van der Waals surface area contributed by atoms with E-state index in [1.807, 2.05) is 31.3 Å². The first-order valence-corrected chi connectivity index (χ1v) is 9.13. The van der Waals surface area contributed by atoms with Gasteiger partial charge >= 0.3 is 6.09 Å². The summed E-state index contributed by atoms with van der Waals surface area (Å²) < 4.78 is 7.82. The molecule has 1 saturated carbocycles. The lowest BCUT2D eigenvalue weighted by Gasteiger charge is -2.26. The van der Waals surface area contributed by atoms with Gasteiger partial charge in [0, 0.05) is 31.1 Å². The molecule has 2 heterocycles. The summed E-state index contributed by atoms with van der Waals surface area (Å²) in [6.45, 7) is 0.559. The molecule has 2 fully saturated rings. The number of rotatable bonds is 4. The highest BCUT2D eigenvalue weighted by Gasteiger charge is 2.50. The summed E-state index contributed by atoms with van der Waals surface area (Å²) in [5, 5.41) is 14.4. The zero-order valence-electron chi connectivity index (χ0n) is 14.5. The van der Waals surface area contributed by atoms with E-state index < -0.39 is 6.09 Å². The van der Waals surface area contributed by atoms with E-state index in [1.165, 1.54) is 6.33 Å². The Hall–Kier alpha value is -2.28. The van der Waals surface area contributed by atoms with Gasteiger partial charge in [0.05, 0.1) is 6.10 Å². The van der Waals surface area contributed by atoms with Crippen molar-refractivity contribution < 1.29 is 14.6 Å². The van der Waals surface area contributed by atoms with Gasteiger partial charge in [0.2, 0.25) is 0 Å². The molecule has 4 rings (SSSR count). The summed E-state index contributed by atoms with van der Waals surface area (Å²) in [4.78, 5) is 17.5. The largest absolute Gasteiger partial charge is 0.490 e. The lowest BCUT2D eigenvalue weighted by molar-refractivity contribution is 0.123. The molecule has 8 heteroatoms. The van der Waals surface area contributed by atoms with Gasteiger partial charge in [-0.3, -0.25) is 4.68 Å². The average molecular weight is 377 g/mol. The standard InChI is InChI=1S/C18H21ClN4O3/c1-22-17(20-10-21-22)8-16-15-7-14(6-11(15)9-23(16)18(24)25)26-13-4-2-12(19)3-5-13/h2-5,10-11,14-16H,6-9H2,1H3,(H,24,25)/t11-,14-,15-,16?/m0/s1. The van der Waals surface area contributed by atoms with E-state index in [2.05, 4.69) is 10.1 Å². The molecule has 2 aliphatic rings. The number of likely N-dealkylation sites (tertiary alicyclic amines) is 1. The minimum absolute atomic E-state index is 0.0841. The highest BCUT2D eigenvalue weighted by molar-refractivity contribution is 6.30. The number of halogens is 1. The van der Waals surface area contributed by atoms with Crippen molar-refractivity contribution in [3.63, 3.8) is 0 Å². The van der Waals surface area contributed by atoms with Gasteiger partial charge in [0.1, 0.15) is 17.9 Å². The summed E-state index contributed by atoms with van der Waals surface area (Å²) in [7, 11) is 1.83. The number of hydrogen-bond acceptors (Lipinski definition) is 4. The third kappa shape index (κ3) is 3.23. The molecular formula is C18H21ClN4O3. The fourth-order valence-corrected chi connectivity index (χ4v) is 4.51. The van der Waals surface area contributed by atoms with Crippen molar-refractivity contribution in [2.24, 2.45) is 18.9 Å². The van der Waals surface area contributed by atoms with E-state index in [-0.39, 0.29) is 18.1 Å². The number of aromatic nitrogens is 3. The molecule has 1 aromatic heterocycles. The molecule has 1 aromatic carbocycles. The average Bonchev–Trinajstić information content (AvgIpc) is 3.26. The highest BCUT2D eigenvalue weighted by Crippen LogP contribution is 2.44. The molecule has 1 amide bonds. The number of hydrogen-bond donors (Lipinski definition) is 1. The SMILES string of the molecule is Cn1ncnc1CC1[C@H]2C[C@@H](Oc3ccc(Cl)cc3)C[C@H]2CN1C(=O)O. The van der Waals surface area contributed by atoms with Crippen LogP contribution in [-0.2, 0) is 13.5 Å². The molecule has 1 aliphatic carbocycles. The molecule has 26 heavy (non-hydrogen) atoms. The zero-order chi connectivity index (χ0) is 18.3. The van der Waals surface area contributed by atoms with Gasteiger partial charge < -0.3 is 14.7 Å². The molecule has 4 atom stereocenters. The van der Waals surface area contributed by atoms with E-state index in [0.717, 1.165) is 24.4 Å². The predicted molar refractivity (Wildman–Crippen MR) is 95.3 cm³/mol. The quantitative estimate of drug-likeness (QED) is 0.887. The molecule has 7 nitrogen and oxygen atoms in total. The molecule has 1 unspecified atom stereocenters. The monoisotopic (exact) mass is 376 g/mol. The zero-order valence-corrected chi connectivity index (χ0v) is 15.2. The number of carboxylic acid groups (broad SMARTS) is 1. The van der Waals surface area contributed by atoms with E-state index in [1.54, 1.807) is 9.58 Å². The van der Waals surface area contributed by atoms with Crippen LogP contribution in [0.1, 0.15) is 18.7 Å². The van der Waals surface area contributed by atoms with Gasteiger partial charge in [-0.25, -0.2) is 9.78 Å². The maximum atomic E-state index is 11.7. The first-order chi connectivity index (χ1) is 12.5. The Morgan fingerprint density at radius 2 is 2.12 bits per heavy atom. The third-order valence-electron chi connectivity index (χ3n) is 5.59. The molecule has 0 bridgehead atoms. The first kappa shape index (κ1) is 17.1. The minimum Gasteiger partial charge on any atom is -0.490 e. The number of nitrogens with zero attached hydrogens (tertiary/aromatic N) is 4. The van der Waals surface area contributed by atoms with Crippen LogP contribution in [0.5, 0.6) is 5.75 Å². The van der Waals surface area contributed by atoms with Crippen LogP contribution in [0, 0.1) is 11.8 Å². The normalized spacial score (nSPS) is 27.5. The van der Waals surface area contributed by atoms with Crippen LogP contribution in [0.2, 0.25) is 5.02 Å². The minimum atomic E-state index is -0.860. The van der Waals surface area contributed by atoms with Gasteiger partial charge in [-0.2, -0.15) is 5.10 Å². The van der Waals surface area contributed by atoms with Crippen molar-refractivity contribution >= 4 is 17.7 Å². The third-order valence-corrected chi connectivity index (χ3v) is 5.84. The molecular weight excluding hydrogens is 356 g/mol. The van der Waals surface area contributed by atoms with Crippen molar-refractivity contribution in [2.75, 3.05) is 6.54 Å². The van der Waals surface area contributed by atoms with Crippen molar-refractivity contribution in [3.8, 4) is 5.75 Å². The van der Waals surface area contributed by atoms with Gasteiger partial charge in [0.15, 0.2) is 0 Å².